The molecule has 0 bridgehead atoms. The van der Waals surface area contributed by atoms with E-state index in [9.17, 15) is 14.4 Å². The predicted octanol–water partition coefficient (Wildman–Crippen LogP) is 7.69. The van der Waals surface area contributed by atoms with Crippen molar-refractivity contribution in [3.05, 3.63) is 135 Å². The van der Waals surface area contributed by atoms with Gasteiger partial charge in [-0.1, -0.05) is 71.2 Å². The van der Waals surface area contributed by atoms with Crippen LogP contribution in [0.15, 0.2) is 108 Å². The smallest absolute Gasteiger partial charge is 0.272 e. The first-order valence-electron chi connectivity index (χ1n) is 12.0. The molecular formula is C31H24Cl2N2O3S. The van der Waals surface area contributed by atoms with E-state index in [-0.39, 0.29) is 23.1 Å². The Balaban J connectivity index is 1.44. The Morgan fingerprint density at radius 1 is 0.846 bits per heavy atom. The topological polar surface area (TPSA) is 75.3 Å². The molecule has 4 aromatic rings. The molecule has 0 aliphatic rings. The summed E-state index contributed by atoms with van der Waals surface area (Å²) in [7, 11) is 0. The van der Waals surface area contributed by atoms with Gasteiger partial charge in [-0.05, 0) is 73.2 Å². The molecule has 2 amide bonds. The lowest BCUT2D eigenvalue weighted by molar-refractivity contribution is -0.113. The number of aryl methyl sites for hydroxylation is 1. The Kier molecular flexibility index (Phi) is 9.60. The Morgan fingerprint density at radius 3 is 2.21 bits per heavy atom. The summed E-state index contributed by atoms with van der Waals surface area (Å²) in [5.41, 5.74) is 3.37. The minimum Gasteiger partial charge on any atom is -0.321 e. The van der Waals surface area contributed by atoms with Gasteiger partial charge in [0.1, 0.15) is 5.70 Å². The summed E-state index contributed by atoms with van der Waals surface area (Å²) in [4.78, 5) is 39.4. The molecular weight excluding hydrogens is 551 g/mol. The van der Waals surface area contributed by atoms with Gasteiger partial charge in [-0.25, -0.2) is 0 Å². The van der Waals surface area contributed by atoms with Crippen molar-refractivity contribution in [3.63, 3.8) is 0 Å². The van der Waals surface area contributed by atoms with E-state index in [0.717, 1.165) is 16.0 Å². The molecule has 0 saturated heterocycles. The molecule has 0 heterocycles. The molecule has 0 aromatic heterocycles. The van der Waals surface area contributed by atoms with Crippen LogP contribution in [-0.4, -0.2) is 23.4 Å². The van der Waals surface area contributed by atoms with Crippen molar-refractivity contribution in [3.8, 4) is 0 Å². The second-order valence-electron chi connectivity index (χ2n) is 8.60. The predicted molar refractivity (Wildman–Crippen MR) is 160 cm³/mol. The van der Waals surface area contributed by atoms with E-state index in [2.05, 4.69) is 10.6 Å². The Bertz CT molecular complexity index is 1520. The summed E-state index contributed by atoms with van der Waals surface area (Å²) in [5, 5.41) is 6.36. The second-order valence-corrected chi connectivity index (χ2v) is 10.5. The Labute approximate surface area is 241 Å². The number of hydrogen-bond donors (Lipinski definition) is 2. The number of rotatable bonds is 9. The van der Waals surface area contributed by atoms with Gasteiger partial charge in [0.25, 0.3) is 11.8 Å². The molecule has 4 aromatic carbocycles. The summed E-state index contributed by atoms with van der Waals surface area (Å²) in [6.45, 7) is 1.98. The number of hydrogen-bond acceptors (Lipinski definition) is 4. The van der Waals surface area contributed by atoms with Crippen molar-refractivity contribution in [1.29, 1.82) is 0 Å². The standard InChI is InChI=1S/C31H24Cl2N2O3S/c1-20-7-9-21(10-8-20)17-28(35-30(37)22-5-3-2-4-6-22)31(38)34-24-12-14-25(15-13-24)39-19-29(36)26-16-11-23(32)18-27(26)33/h2-18H,19H2,1H3,(H,34,38)(H,35,37)/b28-17-. The van der Waals surface area contributed by atoms with Gasteiger partial charge in [-0.2, -0.15) is 0 Å². The van der Waals surface area contributed by atoms with E-state index >= 15 is 0 Å². The van der Waals surface area contributed by atoms with E-state index < -0.39 is 5.91 Å². The molecule has 0 radical (unpaired) electrons. The number of anilines is 1. The molecule has 196 valence electrons. The minimum atomic E-state index is -0.465. The normalized spacial score (nSPS) is 11.1. The first kappa shape index (κ1) is 28.2. The second kappa shape index (κ2) is 13.3. The van der Waals surface area contributed by atoms with Crippen LogP contribution >= 0.6 is 35.0 Å². The molecule has 2 N–H and O–H groups in total. The number of thioether (sulfide) groups is 1. The first-order valence-corrected chi connectivity index (χ1v) is 13.7. The van der Waals surface area contributed by atoms with Crippen molar-refractivity contribution in [2.24, 2.45) is 0 Å². The molecule has 4 rings (SSSR count). The van der Waals surface area contributed by atoms with E-state index in [1.165, 1.54) is 11.8 Å². The monoisotopic (exact) mass is 574 g/mol. The van der Waals surface area contributed by atoms with Gasteiger partial charge in [0, 0.05) is 26.7 Å². The molecule has 0 fully saturated rings. The first-order chi connectivity index (χ1) is 18.8. The van der Waals surface area contributed by atoms with Crippen LogP contribution in [0.1, 0.15) is 31.8 Å². The highest BCUT2D eigenvalue weighted by molar-refractivity contribution is 8.00. The molecule has 0 spiro atoms. The molecule has 0 saturated carbocycles. The number of ketones is 1. The summed E-state index contributed by atoms with van der Waals surface area (Å²) in [6.07, 6.45) is 1.63. The van der Waals surface area contributed by atoms with Gasteiger partial charge in [0.15, 0.2) is 5.78 Å². The number of carbonyl (C=O) groups is 3. The lowest BCUT2D eigenvalue weighted by atomic mass is 10.1. The van der Waals surface area contributed by atoms with Crippen molar-refractivity contribution >= 4 is 64.3 Å². The maximum atomic E-state index is 13.2. The van der Waals surface area contributed by atoms with Crippen LogP contribution in [-0.2, 0) is 4.79 Å². The van der Waals surface area contributed by atoms with Crippen molar-refractivity contribution in [1.82, 2.24) is 5.32 Å². The third kappa shape index (κ3) is 8.07. The maximum Gasteiger partial charge on any atom is 0.272 e. The SMILES string of the molecule is Cc1ccc(/C=C(\NC(=O)c2ccccc2)C(=O)Nc2ccc(SCC(=O)c3ccc(Cl)cc3Cl)cc2)cc1. The van der Waals surface area contributed by atoms with Crippen molar-refractivity contribution in [2.45, 2.75) is 11.8 Å². The van der Waals surface area contributed by atoms with E-state index in [0.29, 0.717) is 26.9 Å². The Morgan fingerprint density at radius 2 is 1.54 bits per heavy atom. The summed E-state index contributed by atoms with van der Waals surface area (Å²) >= 11 is 13.4. The Hall–Kier alpha value is -3.84. The molecule has 0 aliphatic heterocycles. The summed E-state index contributed by atoms with van der Waals surface area (Å²) in [5.74, 6) is -0.768. The van der Waals surface area contributed by atoms with E-state index in [1.54, 1.807) is 60.7 Å². The largest absolute Gasteiger partial charge is 0.321 e. The van der Waals surface area contributed by atoms with Crippen LogP contribution in [0.2, 0.25) is 10.0 Å². The van der Waals surface area contributed by atoms with Crippen LogP contribution in [0.4, 0.5) is 5.69 Å². The lowest BCUT2D eigenvalue weighted by Gasteiger charge is -2.12. The zero-order valence-corrected chi connectivity index (χ0v) is 23.2. The fraction of sp³-hybridized carbons (Fsp3) is 0.0645. The molecule has 0 aliphatic carbocycles. The van der Waals surface area contributed by atoms with Gasteiger partial charge >= 0.3 is 0 Å². The summed E-state index contributed by atoms with van der Waals surface area (Å²) < 4.78 is 0. The van der Waals surface area contributed by atoms with Crippen LogP contribution in [0.3, 0.4) is 0 Å². The zero-order valence-electron chi connectivity index (χ0n) is 20.9. The number of nitrogens with one attached hydrogen (secondary N) is 2. The summed E-state index contributed by atoms with van der Waals surface area (Å²) in [6, 6.07) is 28.2. The maximum absolute atomic E-state index is 13.2. The van der Waals surface area contributed by atoms with Gasteiger partial charge < -0.3 is 10.6 Å². The van der Waals surface area contributed by atoms with Gasteiger partial charge in [-0.3, -0.25) is 14.4 Å². The van der Waals surface area contributed by atoms with E-state index in [4.69, 9.17) is 23.2 Å². The highest BCUT2D eigenvalue weighted by Gasteiger charge is 2.16. The molecule has 5 nitrogen and oxygen atoms in total. The third-order valence-electron chi connectivity index (χ3n) is 5.63. The van der Waals surface area contributed by atoms with Crippen LogP contribution < -0.4 is 10.6 Å². The van der Waals surface area contributed by atoms with Gasteiger partial charge in [-0.15, -0.1) is 11.8 Å². The number of amides is 2. The average Bonchev–Trinajstić information content (AvgIpc) is 2.93. The zero-order chi connectivity index (χ0) is 27.8. The molecule has 0 atom stereocenters. The van der Waals surface area contributed by atoms with Crippen LogP contribution in [0, 0.1) is 6.92 Å². The van der Waals surface area contributed by atoms with Gasteiger partial charge in [0.2, 0.25) is 0 Å². The van der Waals surface area contributed by atoms with Crippen molar-refractivity contribution in [2.75, 3.05) is 11.1 Å². The quantitative estimate of drug-likeness (QED) is 0.122. The number of Topliss-reactive ketones (excluding diaryl/α,β-unsaturated/α-hetero) is 1. The average molecular weight is 576 g/mol. The molecule has 8 heteroatoms. The molecule has 39 heavy (non-hydrogen) atoms. The van der Waals surface area contributed by atoms with Crippen molar-refractivity contribution < 1.29 is 14.4 Å². The minimum absolute atomic E-state index is 0.108. The highest BCUT2D eigenvalue weighted by atomic mass is 35.5. The van der Waals surface area contributed by atoms with E-state index in [1.807, 2.05) is 49.4 Å². The number of halogens is 2. The van der Waals surface area contributed by atoms with Gasteiger partial charge in [0.05, 0.1) is 10.8 Å². The number of benzene rings is 4. The fourth-order valence-electron chi connectivity index (χ4n) is 3.55. The van der Waals surface area contributed by atoms with Crippen LogP contribution in [0.5, 0.6) is 0 Å². The third-order valence-corrected chi connectivity index (χ3v) is 7.19. The number of carbonyl (C=O) groups excluding carboxylic acids is 3. The van der Waals surface area contributed by atoms with Crippen LogP contribution in [0.25, 0.3) is 6.08 Å². The lowest BCUT2D eigenvalue weighted by Crippen LogP contribution is -2.30. The fourth-order valence-corrected chi connectivity index (χ4v) is 4.84. The molecule has 0 unspecified atom stereocenters. The highest BCUT2D eigenvalue weighted by Crippen LogP contribution is 2.26.